The average molecular weight is 217 g/mol. The molecule has 3 saturated carbocycles. The van der Waals surface area contributed by atoms with Crippen LogP contribution in [0.1, 0.15) is 19.3 Å². The Balaban J connectivity index is 1.55. The van der Waals surface area contributed by atoms with Gasteiger partial charge in [0.1, 0.15) is 0 Å². The van der Waals surface area contributed by atoms with Crippen molar-refractivity contribution in [1.82, 2.24) is 9.97 Å². The second kappa shape index (κ2) is 2.87. The zero-order valence-electron chi connectivity index (χ0n) is 9.02. The fourth-order valence-electron chi connectivity index (χ4n) is 4.13. The quantitative estimate of drug-likeness (QED) is 0.783. The van der Waals surface area contributed by atoms with E-state index in [1.54, 1.807) is 12.4 Å². The summed E-state index contributed by atoms with van der Waals surface area (Å²) < 4.78 is 0. The van der Waals surface area contributed by atoms with Crippen LogP contribution in [0.5, 0.6) is 0 Å². The molecule has 2 bridgehead atoms. The van der Waals surface area contributed by atoms with Gasteiger partial charge in [-0.1, -0.05) is 0 Å². The van der Waals surface area contributed by atoms with Crippen LogP contribution in [0.2, 0.25) is 0 Å². The van der Waals surface area contributed by atoms with E-state index in [1.807, 2.05) is 0 Å². The van der Waals surface area contributed by atoms with Crippen LogP contribution in [0, 0.1) is 23.7 Å². The molecule has 4 nitrogen and oxygen atoms in total. The summed E-state index contributed by atoms with van der Waals surface area (Å²) in [4.78, 5) is 18.3. The molecule has 3 fully saturated rings. The molecule has 3 aliphatic rings. The van der Waals surface area contributed by atoms with Crippen molar-refractivity contribution in [2.24, 2.45) is 23.7 Å². The lowest BCUT2D eigenvalue weighted by molar-refractivity contribution is 0.456. The number of fused-ring (bicyclic) bond motifs is 5. The van der Waals surface area contributed by atoms with E-state index in [0.717, 1.165) is 23.7 Å². The molecule has 3 aliphatic carbocycles. The van der Waals surface area contributed by atoms with Crippen LogP contribution >= 0.6 is 0 Å². The van der Waals surface area contributed by atoms with Crippen molar-refractivity contribution in [3.63, 3.8) is 0 Å². The Morgan fingerprint density at radius 2 is 2.06 bits per heavy atom. The summed E-state index contributed by atoms with van der Waals surface area (Å²) in [5, 5.41) is 3.33. The fourth-order valence-corrected chi connectivity index (χ4v) is 4.13. The first kappa shape index (κ1) is 8.79. The van der Waals surface area contributed by atoms with Crippen molar-refractivity contribution < 1.29 is 0 Å². The van der Waals surface area contributed by atoms with E-state index in [9.17, 15) is 4.79 Å². The van der Waals surface area contributed by atoms with Crippen molar-refractivity contribution in [3.05, 3.63) is 22.7 Å². The molecule has 4 atom stereocenters. The van der Waals surface area contributed by atoms with Crippen LogP contribution in [-0.2, 0) is 0 Å². The Morgan fingerprint density at radius 3 is 2.75 bits per heavy atom. The average Bonchev–Trinajstić information content (AvgIpc) is 2.71. The number of hydrogen-bond acceptors (Lipinski definition) is 3. The molecule has 2 N–H and O–H groups in total. The van der Waals surface area contributed by atoms with E-state index in [2.05, 4.69) is 15.3 Å². The topological polar surface area (TPSA) is 57.8 Å². The number of nitrogens with zero attached hydrogens (tertiary/aromatic N) is 1. The summed E-state index contributed by atoms with van der Waals surface area (Å²) in [5.74, 6) is 4.02. The van der Waals surface area contributed by atoms with E-state index in [1.165, 1.54) is 19.3 Å². The maximum absolute atomic E-state index is 11.5. The van der Waals surface area contributed by atoms with Crippen molar-refractivity contribution in [3.8, 4) is 0 Å². The molecule has 4 heteroatoms. The monoisotopic (exact) mass is 217 g/mol. The highest BCUT2D eigenvalue weighted by Crippen LogP contribution is 2.66. The van der Waals surface area contributed by atoms with Crippen molar-refractivity contribution in [1.29, 1.82) is 0 Å². The van der Waals surface area contributed by atoms with Crippen LogP contribution in [0.4, 0.5) is 5.82 Å². The fraction of sp³-hybridized carbons (Fsp3) is 0.667. The molecule has 0 spiro atoms. The van der Waals surface area contributed by atoms with Gasteiger partial charge < -0.3 is 10.3 Å². The Morgan fingerprint density at radius 1 is 1.31 bits per heavy atom. The highest BCUT2D eigenvalue weighted by atomic mass is 16.1. The number of hydrogen-bond donors (Lipinski definition) is 2. The van der Waals surface area contributed by atoms with Crippen LogP contribution in [0.3, 0.4) is 0 Å². The third-order valence-corrected chi connectivity index (χ3v) is 4.75. The van der Waals surface area contributed by atoms with Crippen LogP contribution in [0.15, 0.2) is 17.2 Å². The predicted molar refractivity (Wildman–Crippen MR) is 60.1 cm³/mol. The molecule has 0 aliphatic heterocycles. The largest absolute Gasteiger partial charge is 0.362 e. The molecule has 0 aromatic carbocycles. The van der Waals surface area contributed by atoms with E-state index in [0.29, 0.717) is 11.9 Å². The Bertz CT molecular complexity index is 467. The molecule has 0 radical (unpaired) electrons. The lowest BCUT2D eigenvalue weighted by Crippen LogP contribution is -2.20. The van der Waals surface area contributed by atoms with Gasteiger partial charge in [0.2, 0.25) is 0 Å². The third kappa shape index (κ3) is 1.05. The Hall–Kier alpha value is -1.32. The first-order chi connectivity index (χ1) is 7.84. The van der Waals surface area contributed by atoms with E-state index in [4.69, 9.17) is 0 Å². The minimum atomic E-state index is -0.0974. The summed E-state index contributed by atoms with van der Waals surface area (Å²) in [6.45, 7) is 0. The van der Waals surface area contributed by atoms with Gasteiger partial charge in [-0.2, -0.15) is 0 Å². The molecular formula is C12H15N3O. The van der Waals surface area contributed by atoms with Gasteiger partial charge in [-0.15, -0.1) is 0 Å². The van der Waals surface area contributed by atoms with Gasteiger partial charge in [0.05, 0.1) is 0 Å². The SMILES string of the molecule is O=c1[nH]ccnc1NC1C2C3CCC(C3)C12. The van der Waals surface area contributed by atoms with Gasteiger partial charge >= 0.3 is 0 Å². The molecule has 1 aromatic rings. The normalized spacial score (nSPS) is 43.1. The number of aromatic amines is 1. The molecule has 4 unspecified atom stereocenters. The lowest BCUT2D eigenvalue weighted by Gasteiger charge is -2.09. The first-order valence-electron chi connectivity index (χ1n) is 6.15. The van der Waals surface area contributed by atoms with E-state index in [-0.39, 0.29) is 5.56 Å². The van der Waals surface area contributed by atoms with E-state index >= 15 is 0 Å². The third-order valence-electron chi connectivity index (χ3n) is 4.75. The van der Waals surface area contributed by atoms with Gasteiger partial charge in [-0.25, -0.2) is 4.98 Å². The minimum absolute atomic E-state index is 0.0974. The second-order valence-electron chi connectivity index (χ2n) is 5.42. The second-order valence-corrected chi connectivity index (χ2v) is 5.42. The molecule has 1 heterocycles. The van der Waals surface area contributed by atoms with Gasteiger partial charge in [0, 0.05) is 18.4 Å². The summed E-state index contributed by atoms with van der Waals surface area (Å²) >= 11 is 0. The number of aromatic nitrogens is 2. The van der Waals surface area contributed by atoms with Crippen LogP contribution in [-0.4, -0.2) is 16.0 Å². The molecular weight excluding hydrogens is 202 g/mol. The number of H-pyrrole nitrogens is 1. The predicted octanol–water partition coefficient (Wildman–Crippen LogP) is 1.23. The summed E-state index contributed by atoms with van der Waals surface area (Å²) in [7, 11) is 0. The molecule has 4 rings (SSSR count). The smallest absolute Gasteiger partial charge is 0.290 e. The maximum atomic E-state index is 11.5. The number of nitrogens with one attached hydrogen (secondary N) is 2. The molecule has 0 saturated heterocycles. The van der Waals surface area contributed by atoms with Crippen LogP contribution in [0.25, 0.3) is 0 Å². The molecule has 16 heavy (non-hydrogen) atoms. The van der Waals surface area contributed by atoms with Crippen LogP contribution < -0.4 is 10.9 Å². The van der Waals surface area contributed by atoms with E-state index < -0.39 is 0 Å². The first-order valence-corrected chi connectivity index (χ1v) is 6.15. The number of rotatable bonds is 2. The molecule has 1 aromatic heterocycles. The minimum Gasteiger partial charge on any atom is -0.362 e. The highest BCUT2D eigenvalue weighted by molar-refractivity contribution is 5.37. The Kier molecular flexibility index (Phi) is 1.58. The number of anilines is 1. The van der Waals surface area contributed by atoms with Crippen molar-refractivity contribution in [2.45, 2.75) is 25.3 Å². The lowest BCUT2D eigenvalue weighted by atomic mass is 10.0. The van der Waals surface area contributed by atoms with Gasteiger partial charge in [-0.3, -0.25) is 4.79 Å². The van der Waals surface area contributed by atoms with Crippen molar-refractivity contribution in [2.75, 3.05) is 5.32 Å². The maximum Gasteiger partial charge on any atom is 0.290 e. The zero-order chi connectivity index (χ0) is 10.7. The van der Waals surface area contributed by atoms with Gasteiger partial charge in [-0.05, 0) is 42.9 Å². The summed E-state index contributed by atoms with van der Waals surface area (Å²) in [6.07, 6.45) is 7.46. The standard InChI is InChI=1S/C12H15N3O/c16-12-11(13-3-4-14-12)15-10-8-6-1-2-7(5-6)9(8)10/h3-4,6-10H,1-2,5H2,(H,13,15)(H,14,16). The van der Waals surface area contributed by atoms with Gasteiger partial charge in [0.25, 0.3) is 5.56 Å². The summed E-state index contributed by atoms with van der Waals surface area (Å²) in [5.41, 5.74) is -0.0974. The van der Waals surface area contributed by atoms with Crippen molar-refractivity contribution >= 4 is 5.82 Å². The molecule has 84 valence electrons. The molecule has 0 amide bonds. The zero-order valence-corrected chi connectivity index (χ0v) is 9.02. The van der Waals surface area contributed by atoms with Gasteiger partial charge in [0.15, 0.2) is 5.82 Å². The Labute approximate surface area is 93.5 Å². The summed E-state index contributed by atoms with van der Waals surface area (Å²) in [6, 6.07) is 0.530. The highest BCUT2D eigenvalue weighted by Gasteiger charge is 2.65.